The molecule has 0 radical (unpaired) electrons. The van der Waals surface area contributed by atoms with E-state index in [9.17, 15) is 0 Å². The SMILES string of the molecule is CCN(CCC(NC)c1ccccc1)C1CC1. The summed E-state index contributed by atoms with van der Waals surface area (Å²) < 4.78 is 0. The molecule has 1 aromatic rings. The summed E-state index contributed by atoms with van der Waals surface area (Å²) in [4.78, 5) is 2.62. The van der Waals surface area contributed by atoms with Gasteiger partial charge in [-0.1, -0.05) is 37.3 Å². The van der Waals surface area contributed by atoms with Gasteiger partial charge in [0, 0.05) is 18.6 Å². The number of rotatable bonds is 7. The van der Waals surface area contributed by atoms with E-state index in [0.29, 0.717) is 6.04 Å². The van der Waals surface area contributed by atoms with Crippen LogP contribution in [0, 0.1) is 0 Å². The molecule has 1 unspecified atom stereocenters. The summed E-state index contributed by atoms with van der Waals surface area (Å²) in [7, 11) is 2.06. The van der Waals surface area contributed by atoms with Gasteiger partial charge in [0.1, 0.15) is 0 Å². The standard InChI is InChI=1S/C15H24N2/c1-3-17(14-9-10-14)12-11-15(16-2)13-7-5-4-6-8-13/h4-8,14-16H,3,9-12H2,1-2H3. The third-order valence-corrected chi connectivity index (χ3v) is 3.72. The third kappa shape index (κ3) is 3.55. The molecule has 0 heterocycles. The molecule has 0 aliphatic heterocycles. The van der Waals surface area contributed by atoms with Crippen LogP contribution in [0.15, 0.2) is 30.3 Å². The van der Waals surface area contributed by atoms with Crippen molar-refractivity contribution in [1.82, 2.24) is 10.2 Å². The average molecular weight is 232 g/mol. The van der Waals surface area contributed by atoms with Crippen LogP contribution < -0.4 is 5.32 Å². The zero-order valence-corrected chi connectivity index (χ0v) is 11.0. The minimum atomic E-state index is 0.490. The predicted octanol–water partition coefficient (Wildman–Crippen LogP) is 2.82. The highest BCUT2D eigenvalue weighted by Gasteiger charge is 2.27. The second kappa shape index (κ2) is 6.18. The normalized spacial score (nSPS) is 17.4. The highest BCUT2D eigenvalue weighted by atomic mass is 15.2. The fourth-order valence-corrected chi connectivity index (χ4v) is 2.50. The minimum absolute atomic E-state index is 0.490. The topological polar surface area (TPSA) is 15.3 Å². The van der Waals surface area contributed by atoms with Crippen molar-refractivity contribution >= 4 is 0 Å². The van der Waals surface area contributed by atoms with Crippen molar-refractivity contribution in [3.05, 3.63) is 35.9 Å². The zero-order valence-electron chi connectivity index (χ0n) is 11.0. The summed E-state index contributed by atoms with van der Waals surface area (Å²) in [5.41, 5.74) is 1.40. The molecule has 17 heavy (non-hydrogen) atoms. The molecule has 1 saturated carbocycles. The van der Waals surface area contributed by atoms with Crippen LogP contribution in [0.2, 0.25) is 0 Å². The molecule has 1 fully saturated rings. The molecule has 2 heteroatoms. The van der Waals surface area contributed by atoms with E-state index >= 15 is 0 Å². The van der Waals surface area contributed by atoms with Crippen molar-refractivity contribution in [2.45, 2.75) is 38.3 Å². The maximum absolute atomic E-state index is 3.43. The largest absolute Gasteiger partial charge is 0.313 e. The monoisotopic (exact) mass is 232 g/mol. The van der Waals surface area contributed by atoms with Crippen molar-refractivity contribution in [3.8, 4) is 0 Å². The van der Waals surface area contributed by atoms with Crippen LogP contribution in [0.1, 0.15) is 37.8 Å². The van der Waals surface area contributed by atoms with Crippen molar-refractivity contribution in [2.24, 2.45) is 0 Å². The molecular formula is C15H24N2. The lowest BCUT2D eigenvalue weighted by molar-refractivity contribution is 0.261. The molecular weight excluding hydrogens is 208 g/mol. The molecule has 0 spiro atoms. The number of nitrogens with one attached hydrogen (secondary N) is 1. The molecule has 2 nitrogen and oxygen atoms in total. The van der Waals surface area contributed by atoms with E-state index < -0.39 is 0 Å². The highest BCUT2D eigenvalue weighted by Crippen LogP contribution is 2.27. The van der Waals surface area contributed by atoms with Crippen LogP contribution in [0.5, 0.6) is 0 Å². The number of hydrogen-bond donors (Lipinski definition) is 1. The van der Waals surface area contributed by atoms with Gasteiger partial charge in [-0.3, -0.25) is 0 Å². The van der Waals surface area contributed by atoms with Crippen molar-refractivity contribution in [2.75, 3.05) is 20.1 Å². The summed E-state index contributed by atoms with van der Waals surface area (Å²) in [5.74, 6) is 0. The maximum Gasteiger partial charge on any atom is 0.0329 e. The molecule has 0 aromatic heterocycles. The molecule has 0 amide bonds. The number of nitrogens with zero attached hydrogens (tertiary/aromatic N) is 1. The van der Waals surface area contributed by atoms with Gasteiger partial charge in [0.25, 0.3) is 0 Å². The molecule has 1 aliphatic carbocycles. The Balaban J connectivity index is 1.87. The van der Waals surface area contributed by atoms with Crippen LogP contribution in [-0.2, 0) is 0 Å². The van der Waals surface area contributed by atoms with Crippen LogP contribution in [0.25, 0.3) is 0 Å². The second-order valence-corrected chi connectivity index (χ2v) is 4.90. The van der Waals surface area contributed by atoms with Gasteiger partial charge in [0.05, 0.1) is 0 Å². The predicted molar refractivity (Wildman–Crippen MR) is 73.1 cm³/mol. The molecule has 1 atom stereocenters. The minimum Gasteiger partial charge on any atom is -0.313 e. The van der Waals surface area contributed by atoms with E-state index in [1.165, 1.54) is 37.9 Å². The van der Waals surface area contributed by atoms with Crippen LogP contribution in [-0.4, -0.2) is 31.1 Å². The van der Waals surface area contributed by atoms with Gasteiger partial charge in [0.15, 0.2) is 0 Å². The highest BCUT2D eigenvalue weighted by molar-refractivity contribution is 5.18. The molecule has 1 N–H and O–H groups in total. The molecule has 2 rings (SSSR count). The van der Waals surface area contributed by atoms with Gasteiger partial charge in [-0.15, -0.1) is 0 Å². The summed E-state index contributed by atoms with van der Waals surface area (Å²) in [6.45, 7) is 4.67. The lowest BCUT2D eigenvalue weighted by atomic mass is 10.0. The van der Waals surface area contributed by atoms with E-state index in [2.05, 4.69) is 54.5 Å². The van der Waals surface area contributed by atoms with E-state index in [1.807, 2.05) is 0 Å². The summed E-state index contributed by atoms with van der Waals surface area (Å²) >= 11 is 0. The van der Waals surface area contributed by atoms with E-state index in [-0.39, 0.29) is 0 Å². The first-order chi connectivity index (χ1) is 8.35. The van der Waals surface area contributed by atoms with E-state index in [1.54, 1.807) is 0 Å². The second-order valence-electron chi connectivity index (χ2n) is 4.90. The summed E-state index contributed by atoms with van der Waals surface area (Å²) in [6.07, 6.45) is 4.01. The Kier molecular flexibility index (Phi) is 4.57. The third-order valence-electron chi connectivity index (χ3n) is 3.72. The van der Waals surface area contributed by atoms with Gasteiger partial charge in [-0.2, -0.15) is 0 Å². The Labute approximate surface area is 105 Å². The Morgan fingerprint density at radius 2 is 2.00 bits per heavy atom. The Bertz CT molecular complexity index is 319. The van der Waals surface area contributed by atoms with Crippen molar-refractivity contribution < 1.29 is 0 Å². The molecule has 1 aromatic carbocycles. The lowest BCUT2D eigenvalue weighted by Crippen LogP contribution is -2.30. The smallest absolute Gasteiger partial charge is 0.0329 e. The fourth-order valence-electron chi connectivity index (χ4n) is 2.50. The first-order valence-corrected chi connectivity index (χ1v) is 6.81. The fraction of sp³-hybridized carbons (Fsp3) is 0.600. The van der Waals surface area contributed by atoms with Crippen LogP contribution in [0.4, 0.5) is 0 Å². The van der Waals surface area contributed by atoms with Gasteiger partial charge < -0.3 is 10.2 Å². The molecule has 94 valence electrons. The quantitative estimate of drug-likeness (QED) is 0.777. The Morgan fingerprint density at radius 3 is 2.53 bits per heavy atom. The first kappa shape index (κ1) is 12.6. The molecule has 0 bridgehead atoms. The Hall–Kier alpha value is -0.860. The molecule has 0 saturated heterocycles. The van der Waals surface area contributed by atoms with Crippen LogP contribution in [0.3, 0.4) is 0 Å². The van der Waals surface area contributed by atoms with Gasteiger partial charge in [-0.25, -0.2) is 0 Å². The number of benzene rings is 1. The molecule has 1 aliphatic rings. The van der Waals surface area contributed by atoms with Crippen molar-refractivity contribution in [1.29, 1.82) is 0 Å². The summed E-state index contributed by atoms with van der Waals surface area (Å²) in [6, 6.07) is 12.1. The van der Waals surface area contributed by atoms with Gasteiger partial charge in [0.2, 0.25) is 0 Å². The van der Waals surface area contributed by atoms with Gasteiger partial charge in [-0.05, 0) is 38.4 Å². The first-order valence-electron chi connectivity index (χ1n) is 6.81. The van der Waals surface area contributed by atoms with E-state index in [4.69, 9.17) is 0 Å². The maximum atomic E-state index is 3.43. The lowest BCUT2D eigenvalue weighted by Gasteiger charge is -2.23. The van der Waals surface area contributed by atoms with Crippen LogP contribution >= 0.6 is 0 Å². The number of hydrogen-bond acceptors (Lipinski definition) is 2. The van der Waals surface area contributed by atoms with E-state index in [0.717, 1.165) is 6.04 Å². The van der Waals surface area contributed by atoms with Gasteiger partial charge >= 0.3 is 0 Å². The summed E-state index contributed by atoms with van der Waals surface area (Å²) in [5, 5.41) is 3.43. The van der Waals surface area contributed by atoms with Crippen molar-refractivity contribution in [3.63, 3.8) is 0 Å². The Morgan fingerprint density at radius 1 is 1.29 bits per heavy atom. The average Bonchev–Trinajstić information content (AvgIpc) is 3.20. The zero-order chi connectivity index (χ0) is 12.1.